The van der Waals surface area contributed by atoms with Gasteiger partial charge in [-0.3, -0.25) is 0 Å². The van der Waals surface area contributed by atoms with Gasteiger partial charge in [0.2, 0.25) is 0 Å². The minimum Gasteiger partial charge on any atom is -0.493 e. The summed E-state index contributed by atoms with van der Waals surface area (Å²) in [6.45, 7) is 22.1. The third kappa shape index (κ3) is 11.3. The molecule has 5 nitrogen and oxygen atoms in total. The van der Waals surface area contributed by atoms with Crippen LogP contribution in [0.25, 0.3) is 66.8 Å². The van der Waals surface area contributed by atoms with Gasteiger partial charge < -0.3 is 19.6 Å². The van der Waals surface area contributed by atoms with Crippen LogP contribution in [0.2, 0.25) is 0 Å². The molecule has 0 spiro atoms. The van der Waals surface area contributed by atoms with Crippen molar-refractivity contribution >= 4 is 57.0 Å². The van der Waals surface area contributed by atoms with Crippen LogP contribution in [0.1, 0.15) is 92.7 Å². The zero-order valence-electron chi connectivity index (χ0n) is 61.8. The molecular formula is C84H72N5Pt-3. The first-order valence-corrected chi connectivity index (χ1v) is 30.2. The number of hydrogen-bond acceptors (Lipinski definition) is 5. The van der Waals surface area contributed by atoms with E-state index in [2.05, 4.69) is 206 Å². The summed E-state index contributed by atoms with van der Waals surface area (Å²) in [4.78, 5) is 13.5. The molecule has 2 aliphatic heterocycles. The standard InChI is InChI=1S/C84H72N5.Pt/c1-82(2,3)63-45-46-85-80(53-63)89-76-44-41-60(61-47-64(83(4,5)6)52-65(48-61)84(7,8)9)51-75(76)73-36-23-22-35-72(73)74-43-42-67(55-79(74)89)88(66-33-20-13-21-34-66)69-50-62(57-27-14-10-15-28-57)49-68(54-69)86-56-87(78-40-25-24-39-77(78)86)81-70(58-29-16-11-17-30-58)37-26-38-71(81)59-31-18-12-19-32-59;/h10-53,56H,1-9H3;/q-3;/i11D,12D,16D,17D,18D,19D,29D,30D,31D,32D;. The van der Waals surface area contributed by atoms with Gasteiger partial charge >= 0.3 is 0 Å². The van der Waals surface area contributed by atoms with Gasteiger partial charge in [0.1, 0.15) is 5.82 Å². The predicted octanol–water partition coefficient (Wildman–Crippen LogP) is 23.2. The van der Waals surface area contributed by atoms with Crippen molar-refractivity contribution in [3.63, 3.8) is 0 Å². The Morgan fingerprint density at radius 3 is 1.58 bits per heavy atom. The first-order valence-electron chi connectivity index (χ1n) is 35.2. The Hall–Kier alpha value is -9.54. The van der Waals surface area contributed by atoms with Gasteiger partial charge in [-0.05, 0) is 115 Å². The zero-order valence-corrected chi connectivity index (χ0v) is 54.0. The molecule has 0 aliphatic carbocycles. The molecule has 11 aromatic carbocycles. The van der Waals surface area contributed by atoms with Gasteiger partial charge in [0.25, 0.3) is 0 Å². The first kappa shape index (κ1) is 48.4. The Bertz CT molecular complexity index is 5060. The Balaban J connectivity index is 0.00000896. The fourth-order valence-corrected chi connectivity index (χ4v) is 12.1. The van der Waals surface area contributed by atoms with Gasteiger partial charge in [0.05, 0.1) is 19.4 Å². The quantitative estimate of drug-likeness (QED) is 0.127. The molecule has 0 amide bonds. The normalized spacial score (nSPS) is 14.3. The van der Waals surface area contributed by atoms with Crippen LogP contribution in [0, 0.1) is 18.8 Å². The molecule has 90 heavy (non-hydrogen) atoms. The number of benzene rings is 11. The minimum atomic E-state index is -0.572. The molecule has 0 bridgehead atoms. The van der Waals surface area contributed by atoms with Crippen LogP contribution in [0.3, 0.4) is 0 Å². The van der Waals surface area contributed by atoms with E-state index in [4.69, 9.17) is 13.2 Å². The molecule has 2 aliphatic rings. The number of hydrogen-bond donors (Lipinski definition) is 0. The van der Waals surface area contributed by atoms with Crippen molar-refractivity contribution in [1.82, 2.24) is 4.98 Å². The van der Waals surface area contributed by atoms with Crippen molar-refractivity contribution in [3.05, 3.63) is 302 Å². The predicted molar refractivity (Wildman–Crippen MR) is 375 cm³/mol. The number of fused-ring (bicyclic) bond motifs is 6. The Morgan fingerprint density at radius 2 is 0.956 bits per heavy atom. The second-order valence-electron chi connectivity index (χ2n) is 25.9. The van der Waals surface area contributed by atoms with Crippen LogP contribution in [-0.2, 0) is 37.3 Å². The van der Waals surface area contributed by atoms with E-state index >= 15 is 0 Å². The Morgan fingerprint density at radius 1 is 0.400 bits per heavy atom. The molecule has 446 valence electrons. The van der Waals surface area contributed by atoms with Crippen LogP contribution in [0.15, 0.2) is 267 Å². The van der Waals surface area contributed by atoms with E-state index in [9.17, 15) is 5.48 Å². The molecule has 6 heteroatoms. The van der Waals surface area contributed by atoms with Gasteiger partial charge in [-0.25, -0.2) is 4.98 Å². The maximum absolute atomic E-state index is 9.33. The maximum atomic E-state index is 9.33. The second kappa shape index (κ2) is 23.8. The fourth-order valence-electron chi connectivity index (χ4n) is 12.1. The summed E-state index contributed by atoms with van der Waals surface area (Å²) in [7, 11) is 0. The van der Waals surface area contributed by atoms with Crippen molar-refractivity contribution in [2.24, 2.45) is 0 Å². The summed E-state index contributed by atoms with van der Waals surface area (Å²) in [5.74, 6) is 0.727. The van der Waals surface area contributed by atoms with E-state index in [0.717, 1.165) is 73.0 Å². The number of pyridine rings is 1. The second-order valence-corrected chi connectivity index (χ2v) is 25.9. The zero-order chi connectivity index (χ0) is 69.9. The van der Waals surface area contributed by atoms with E-state index in [0.29, 0.717) is 28.4 Å². The van der Waals surface area contributed by atoms with E-state index in [-0.39, 0.29) is 65.3 Å². The average molecular weight is 1360 g/mol. The summed E-state index contributed by atoms with van der Waals surface area (Å²) >= 11 is 0. The Kier molecular flexibility index (Phi) is 12.8. The number of para-hydroxylation sites is 4. The smallest absolute Gasteiger partial charge is 0.135 e. The van der Waals surface area contributed by atoms with E-state index in [1.807, 2.05) is 78.4 Å². The Labute approximate surface area is 560 Å². The molecule has 0 saturated carbocycles. The number of aromatic nitrogens is 1. The SMILES string of the molecule is [2H]c1c([2H])c([2H])c(-c2cccc(-c3c([2H])c([2H])c([2H])c([2H])c3[2H])c2N2[CH-]N(c3[c-]c(N(c4[c-]c5c(cc4)-c4ccccc4-c4cc(-c6cc(C(C)(C)C)cc(C(C)(C)C)c6)ccc4N5c4cc(C(C)(C)C)ccn4)c4ccccc4)cc(-c4ccccc4)c3)c3ccccc32)c([2H])c1[2H].[Pt]. The van der Waals surface area contributed by atoms with E-state index in [1.165, 1.54) is 11.1 Å². The largest absolute Gasteiger partial charge is 0.493 e. The molecule has 0 N–H and O–H groups in total. The average Bonchev–Trinajstić information content (AvgIpc) is 1.48. The van der Waals surface area contributed by atoms with Crippen molar-refractivity contribution in [1.29, 1.82) is 0 Å². The summed E-state index contributed by atoms with van der Waals surface area (Å²) < 4.78 is 89.8. The van der Waals surface area contributed by atoms with Gasteiger partial charge in [-0.1, -0.05) is 273 Å². The van der Waals surface area contributed by atoms with Crippen molar-refractivity contribution in [3.8, 4) is 66.8 Å². The molecule has 14 rings (SSSR count). The molecule has 0 saturated heterocycles. The van der Waals surface area contributed by atoms with Gasteiger partial charge in [0, 0.05) is 66.7 Å². The van der Waals surface area contributed by atoms with Crippen molar-refractivity contribution in [2.75, 3.05) is 19.6 Å². The molecule has 0 fully saturated rings. The maximum Gasteiger partial charge on any atom is 0.135 e. The molecule has 0 atom stereocenters. The molecular weight excluding hydrogens is 1270 g/mol. The summed E-state index contributed by atoms with van der Waals surface area (Å²) in [6.07, 6.45) is 1.90. The van der Waals surface area contributed by atoms with Gasteiger partial charge in [0.15, 0.2) is 0 Å². The monoisotopic (exact) mass is 1360 g/mol. The van der Waals surface area contributed by atoms with Crippen LogP contribution in [-0.4, -0.2) is 4.98 Å². The fraction of sp³-hybridized carbons (Fsp3) is 0.143. The van der Waals surface area contributed by atoms with Gasteiger partial charge in [-0.2, -0.15) is 6.07 Å². The molecule has 3 heterocycles. The number of anilines is 10. The topological polar surface area (TPSA) is 25.9 Å². The molecule has 1 aromatic heterocycles. The van der Waals surface area contributed by atoms with Crippen LogP contribution >= 0.6 is 0 Å². The van der Waals surface area contributed by atoms with E-state index < -0.39 is 60.4 Å². The molecule has 0 radical (unpaired) electrons. The summed E-state index contributed by atoms with van der Waals surface area (Å²) in [6, 6.07) is 70.7. The van der Waals surface area contributed by atoms with Crippen LogP contribution in [0.4, 0.5) is 57.0 Å². The third-order valence-corrected chi connectivity index (χ3v) is 16.9. The first-order chi connectivity index (χ1) is 47.2. The third-order valence-electron chi connectivity index (χ3n) is 16.9. The number of rotatable bonds is 10. The minimum absolute atomic E-state index is 0. The van der Waals surface area contributed by atoms with Crippen LogP contribution < -0.4 is 19.6 Å². The summed E-state index contributed by atoms with van der Waals surface area (Å²) in [5.41, 5.74) is 17.3. The number of nitrogens with zero attached hydrogens (tertiary/aromatic N) is 5. The summed E-state index contributed by atoms with van der Waals surface area (Å²) in [5, 5.41) is 0. The molecule has 12 aromatic rings. The van der Waals surface area contributed by atoms with Crippen molar-refractivity contribution in [2.45, 2.75) is 78.6 Å². The van der Waals surface area contributed by atoms with Crippen LogP contribution in [0.5, 0.6) is 0 Å². The molecule has 0 unspecified atom stereocenters. The van der Waals surface area contributed by atoms with Crippen molar-refractivity contribution < 1.29 is 34.8 Å². The van der Waals surface area contributed by atoms with Gasteiger partial charge in [-0.15, -0.1) is 53.8 Å². The van der Waals surface area contributed by atoms with E-state index in [1.54, 1.807) is 23.1 Å².